The maximum atomic E-state index is 12.6. The summed E-state index contributed by atoms with van der Waals surface area (Å²) in [7, 11) is 0. The minimum Gasteiger partial charge on any atom is -0.326 e. The molecular weight excluding hydrogens is 334 g/mol. The van der Waals surface area contributed by atoms with Gasteiger partial charge in [-0.1, -0.05) is 25.1 Å². The first kappa shape index (κ1) is 17.4. The second kappa shape index (κ2) is 7.19. The van der Waals surface area contributed by atoms with Gasteiger partial charge in [0, 0.05) is 23.5 Å². The summed E-state index contributed by atoms with van der Waals surface area (Å²) in [5.41, 5.74) is 2.84. The lowest BCUT2D eigenvalue weighted by Crippen LogP contribution is -2.23. The molecule has 0 fully saturated rings. The van der Waals surface area contributed by atoms with Crippen molar-refractivity contribution >= 4 is 33.1 Å². The van der Waals surface area contributed by atoms with E-state index in [2.05, 4.69) is 17.2 Å². The van der Waals surface area contributed by atoms with Crippen molar-refractivity contribution in [2.75, 3.05) is 5.32 Å². The van der Waals surface area contributed by atoms with E-state index in [-0.39, 0.29) is 17.9 Å². The molecule has 0 radical (unpaired) electrons. The Bertz CT molecular complexity index is 988. The molecular formula is C19H21N3O2S. The standard InChI is InChI=1S/C19H21N3O2S/c1-4-14-7-5-6-8-15(14)21-16(23)9-10-22-11-20-18-17(19(22)24)12(2)13(3)25-18/h5-8,11H,4,9-10H2,1-3H3,(H,21,23). The summed E-state index contributed by atoms with van der Waals surface area (Å²) in [6.07, 6.45) is 2.62. The molecule has 3 rings (SSSR count). The molecule has 3 aromatic rings. The number of aromatic nitrogens is 2. The number of benzene rings is 1. The molecule has 0 bridgehead atoms. The van der Waals surface area contributed by atoms with Crippen LogP contribution in [0.4, 0.5) is 5.69 Å². The van der Waals surface area contributed by atoms with E-state index in [1.165, 1.54) is 22.2 Å². The quantitative estimate of drug-likeness (QED) is 0.759. The van der Waals surface area contributed by atoms with E-state index in [1.54, 1.807) is 0 Å². The Hall–Kier alpha value is -2.47. The lowest BCUT2D eigenvalue weighted by Gasteiger charge is -2.10. The van der Waals surface area contributed by atoms with Crippen molar-refractivity contribution in [3.63, 3.8) is 0 Å². The fourth-order valence-electron chi connectivity index (χ4n) is 2.81. The third-order valence-electron chi connectivity index (χ3n) is 4.41. The number of aryl methyl sites for hydroxylation is 4. The molecule has 0 aliphatic rings. The molecule has 1 N–H and O–H groups in total. The minimum atomic E-state index is -0.105. The molecule has 0 atom stereocenters. The lowest BCUT2D eigenvalue weighted by molar-refractivity contribution is -0.116. The SMILES string of the molecule is CCc1ccccc1NC(=O)CCn1cnc2sc(C)c(C)c2c1=O. The van der Waals surface area contributed by atoms with Crippen molar-refractivity contribution in [1.82, 2.24) is 9.55 Å². The van der Waals surface area contributed by atoms with Crippen LogP contribution in [0.15, 0.2) is 35.4 Å². The summed E-state index contributed by atoms with van der Waals surface area (Å²) in [4.78, 5) is 31.1. The summed E-state index contributed by atoms with van der Waals surface area (Å²) in [5.74, 6) is -0.105. The van der Waals surface area contributed by atoms with Crippen LogP contribution in [-0.2, 0) is 17.8 Å². The smallest absolute Gasteiger partial charge is 0.262 e. The monoisotopic (exact) mass is 355 g/mol. The molecule has 0 aliphatic heterocycles. The highest BCUT2D eigenvalue weighted by molar-refractivity contribution is 7.18. The van der Waals surface area contributed by atoms with Crippen LogP contribution >= 0.6 is 11.3 Å². The molecule has 0 unspecified atom stereocenters. The van der Waals surface area contributed by atoms with Gasteiger partial charge in [-0.05, 0) is 37.5 Å². The Morgan fingerprint density at radius 1 is 1.28 bits per heavy atom. The largest absolute Gasteiger partial charge is 0.326 e. The fraction of sp³-hybridized carbons (Fsp3) is 0.316. The Balaban J connectivity index is 1.74. The summed E-state index contributed by atoms with van der Waals surface area (Å²) in [6, 6.07) is 7.76. The molecule has 130 valence electrons. The minimum absolute atomic E-state index is 0.0754. The first-order valence-corrected chi connectivity index (χ1v) is 9.15. The van der Waals surface area contributed by atoms with E-state index in [1.807, 2.05) is 38.1 Å². The van der Waals surface area contributed by atoms with Crippen molar-refractivity contribution < 1.29 is 4.79 Å². The van der Waals surface area contributed by atoms with Crippen LogP contribution in [-0.4, -0.2) is 15.5 Å². The topological polar surface area (TPSA) is 64.0 Å². The Kier molecular flexibility index (Phi) is 4.99. The third-order valence-corrected chi connectivity index (χ3v) is 5.52. The zero-order valence-corrected chi connectivity index (χ0v) is 15.4. The molecule has 0 saturated carbocycles. The average Bonchev–Trinajstić information content (AvgIpc) is 2.90. The Labute approximate surface area is 150 Å². The van der Waals surface area contributed by atoms with Crippen LogP contribution in [0.1, 0.15) is 29.3 Å². The van der Waals surface area contributed by atoms with Crippen LogP contribution in [0.2, 0.25) is 0 Å². The second-order valence-electron chi connectivity index (χ2n) is 6.02. The van der Waals surface area contributed by atoms with Crippen LogP contribution in [0.5, 0.6) is 0 Å². The normalized spacial score (nSPS) is 11.0. The average molecular weight is 355 g/mol. The van der Waals surface area contributed by atoms with E-state index in [9.17, 15) is 9.59 Å². The number of nitrogens with zero attached hydrogens (tertiary/aromatic N) is 2. The lowest BCUT2D eigenvalue weighted by atomic mass is 10.1. The number of hydrogen-bond donors (Lipinski definition) is 1. The highest BCUT2D eigenvalue weighted by Gasteiger charge is 2.13. The molecule has 25 heavy (non-hydrogen) atoms. The van der Waals surface area contributed by atoms with Crippen molar-refractivity contribution in [2.24, 2.45) is 0 Å². The van der Waals surface area contributed by atoms with E-state index >= 15 is 0 Å². The van der Waals surface area contributed by atoms with Gasteiger partial charge in [0.25, 0.3) is 5.56 Å². The molecule has 2 aromatic heterocycles. The molecule has 0 saturated heterocycles. The maximum absolute atomic E-state index is 12.6. The molecule has 5 nitrogen and oxygen atoms in total. The van der Waals surface area contributed by atoms with Crippen molar-refractivity contribution in [2.45, 2.75) is 40.2 Å². The second-order valence-corrected chi connectivity index (χ2v) is 7.22. The van der Waals surface area contributed by atoms with Gasteiger partial charge in [-0.15, -0.1) is 11.3 Å². The van der Waals surface area contributed by atoms with Gasteiger partial charge < -0.3 is 5.32 Å². The number of hydrogen-bond acceptors (Lipinski definition) is 4. The molecule has 0 aliphatic carbocycles. The number of carbonyl (C=O) groups excluding carboxylic acids is 1. The van der Waals surface area contributed by atoms with E-state index < -0.39 is 0 Å². The van der Waals surface area contributed by atoms with Gasteiger partial charge in [-0.2, -0.15) is 0 Å². The van der Waals surface area contributed by atoms with Gasteiger partial charge in [-0.3, -0.25) is 14.2 Å². The number of nitrogens with one attached hydrogen (secondary N) is 1. The van der Waals surface area contributed by atoms with E-state index in [0.29, 0.717) is 11.9 Å². The molecule has 2 heterocycles. The third kappa shape index (κ3) is 3.49. The number of rotatable bonds is 5. The number of carbonyl (C=O) groups is 1. The van der Waals surface area contributed by atoms with Crippen LogP contribution in [0.3, 0.4) is 0 Å². The molecule has 0 spiro atoms. The summed E-state index contributed by atoms with van der Waals surface area (Å²) in [5, 5.41) is 3.60. The van der Waals surface area contributed by atoms with Crippen molar-refractivity contribution in [3.05, 3.63) is 57.0 Å². The van der Waals surface area contributed by atoms with Gasteiger partial charge >= 0.3 is 0 Å². The Morgan fingerprint density at radius 2 is 2.04 bits per heavy atom. The van der Waals surface area contributed by atoms with Crippen molar-refractivity contribution in [1.29, 1.82) is 0 Å². The van der Waals surface area contributed by atoms with Crippen molar-refractivity contribution in [3.8, 4) is 0 Å². The van der Waals surface area contributed by atoms with Gasteiger partial charge in [0.1, 0.15) is 4.83 Å². The van der Waals surface area contributed by atoms with Crippen LogP contribution in [0, 0.1) is 13.8 Å². The first-order chi connectivity index (χ1) is 12.0. The highest BCUT2D eigenvalue weighted by Crippen LogP contribution is 2.25. The van der Waals surface area contributed by atoms with Crippen LogP contribution < -0.4 is 10.9 Å². The van der Waals surface area contributed by atoms with Gasteiger partial charge in [-0.25, -0.2) is 4.98 Å². The maximum Gasteiger partial charge on any atom is 0.262 e. The zero-order valence-electron chi connectivity index (χ0n) is 14.6. The number of amides is 1. The number of fused-ring (bicyclic) bond motifs is 1. The molecule has 6 heteroatoms. The number of thiophene rings is 1. The predicted molar refractivity (Wildman–Crippen MR) is 102 cm³/mol. The van der Waals surface area contributed by atoms with Crippen LogP contribution in [0.25, 0.3) is 10.2 Å². The van der Waals surface area contributed by atoms with Gasteiger partial charge in [0.05, 0.1) is 11.7 Å². The van der Waals surface area contributed by atoms with Gasteiger partial charge in [0.2, 0.25) is 5.91 Å². The highest BCUT2D eigenvalue weighted by atomic mass is 32.1. The summed E-state index contributed by atoms with van der Waals surface area (Å²) < 4.78 is 1.52. The van der Waals surface area contributed by atoms with Gasteiger partial charge in [0.15, 0.2) is 0 Å². The Morgan fingerprint density at radius 3 is 2.80 bits per heavy atom. The number of anilines is 1. The first-order valence-electron chi connectivity index (χ1n) is 8.34. The molecule has 1 amide bonds. The summed E-state index contributed by atoms with van der Waals surface area (Å²) >= 11 is 1.53. The fourth-order valence-corrected chi connectivity index (χ4v) is 3.80. The zero-order chi connectivity index (χ0) is 18.0. The molecule has 1 aromatic carbocycles. The van der Waals surface area contributed by atoms with E-state index in [4.69, 9.17) is 0 Å². The predicted octanol–water partition coefficient (Wildman–Crippen LogP) is 3.67. The summed E-state index contributed by atoms with van der Waals surface area (Å²) in [6.45, 7) is 6.30. The van der Waals surface area contributed by atoms with E-state index in [0.717, 1.165) is 32.9 Å². The number of para-hydroxylation sites is 1.